The van der Waals surface area contributed by atoms with Gasteiger partial charge in [0.1, 0.15) is 18.1 Å². The van der Waals surface area contributed by atoms with E-state index in [1.165, 1.54) is 6.92 Å². The molecule has 48 heavy (non-hydrogen) atoms. The van der Waals surface area contributed by atoms with Crippen molar-refractivity contribution in [3.8, 4) is 0 Å². The Hall–Kier alpha value is -4.74. The van der Waals surface area contributed by atoms with E-state index in [4.69, 9.17) is 26.6 Å². The highest BCUT2D eigenvalue weighted by Gasteiger charge is 2.38. The van der Waals surface area contributed by atoms with Crippen LogP contribution in [0.5, 0.6) is 0 Å². The highest BCUT2D eigenvalue weighted by atomic mass is 35.5. The van der Waals surface area contributed by atoms with Crippen LogP contribution >= 0.6 is 11.6 Å². The summed E-state index contributed by atoms with van der Waals surface area (Å²) in [6, 6.07) is 3.61. The second-order valence-electron chi connectivity index (χ2n) is 10.4. The Morgan fingerprint density at radius 1 is 0.792 bits per heavy atom. The van der Waals surface area contributed by atoms with Gasteiger partial charge in [-0.2, -0.15) is 13.2 Å². The quantitative estimate of drug-likeness (QED) is 0.106. The standard InChI is InChI=1S/C27H37ClN4O9.C2HF3O2/c1-4-15(2)24(27(41)31-19(13-23(37)38)21(34)14-28)32-25(39)18(10-11-22(35)36)30-26(40)20(29-16(3)33)12-17-8-6-5-7-9-17;3-2(4,5)1(6)7/h5-9,15,18-20,24H,4,10-14H2,1-3H3,(H,29,33)(H,30,40)(H,31,41)(H,32,39)(H,35,36)(H,37,38);(H,6,7). The van der Waals surface area contributed by atoms with Crippen molar-refractivity contribution in [2.75, 3.05) is 5.88 Å². The van der Waals surface area contributed by atoms with Gasteiger partial charge in [-0.15, -0.1) is 11.6 Å². The van der Waals surface area contributed by atoms with Crippen LogP contribution in [0.15, 0.2) is 30.3 Å². The maximum Gasteiger partial charge on any atom is 0.490 e. The predicted octanol–water partition coefficient (Wildman–Crippen LogP) is 1.02. The molecule has 5 unspecified atom stereocenters. The molecule has 0 bridgehead atoms. The number of carboxylic acids is 3. The number of Topliss-reactive ketones (excluding diaryl/α,β-unsaturated/α-hetero) is 1. The molecule has 15 nitrogen and oxygen atoms in total. The third-order valence-corrected chi connectivity index (χ3v) is 6.77. The first-order valence-corrected chi connectivity index (χ1v) is 14.8. The number of nitrogens with one attached hydrogen (secondary N) is 4. The largest absolute Gasteiger partial charge is 0.490 e. The summed E-state index contributed by atoms with van der Waals surface area (Å²) in [5.74, 6) is -10.1. The minimum atomic E-state index is -5.08. The van der Waals surface area contributed by atoms with Crippen LogP contribution in [0.2, 0.25) is 0 Å². The molecule has 1 aromatic rings. The highest BCUT2D eigenvalue weighted by molar-refractivity contribution is 6.28. The molecule has 5 atom stereocenters. The Balaban J connectivity index is 0.00000282. The van der Waals surface area contributed by atoms with Gasteiger partial charge in [0.25, 0.3) is 0 Å². The number of amides is 4. The van der Waals surface area contributed by atoms with Crippen molar-refractivity contribution in [2.24, 2.45) is 5.92 Å². The number of rotatable bonds is 18. The van der Waals surface area contributed by atoms with Crippen molar-refractivity contribution in [3.05, 3.63) is 35.9 Å². The smallest absolute Gasteiger partial charge is 0.481 e. The number of halogens is 4. The highest BCUT2D eigenvalue weighted by Crippen LogP contribution is 2.13. The van der Waals surface area contributed by atoms with E-state index in [0.29, 0.717) is 6.42 Å². The Kier molecular flexibility index (Phi) is 19.1. The van der Waals surface area contributed by atoms with Gasteiger partial charge in [0.15, 0.2) is 5.78 Å². The molecule has 4 amide bonds. The van der Waals surface area contributed by atoms with E-state index in [1.807, 2.05) is 0 Å². The monoisotopic (exact) mass is 710 g/mol. The first-order chi connectivity index (χ1) is 22.2. The van der Waals surface area contributed by atoms with Gasteiger partial charge in [0.2, 0.25) is 23.6 Å². The zero-order valence-electron chi connectivity index (χ0n) is 26.1. The molecule has 268 valence electrons. The number of hydrogen-bond donors (Lipinski definition) is 7. The van der Waals surface area contributed by atoms with Gasteiger partial charge >= 0.3 is 24.1 Å². The summed E-state index contributed by atoms with van der Waals surface area (Å²) in [6.07, 6.45) is -6.14. The van der Waals surface area contributed by atoms with Crippen LogP contribution in [0.4, 0.5) is 13.2 Å². The molecule has 0 aliphatic rings. The third-order valence-electron chi connectivity index (χ3n) is 6.51. The molecule has 0 aromatic heterocycles. The van der Waals surface area contributed by atoms with E-state index in [0.717, 1.165) is 5.56 Å². The third kappa shape index (κ3) is 17.3. The molecule has 0 heterocycles. The number of hydrogen-bond acceptors (Lipinski definition) is 8. The maximum absolute atomic E-state index is 13.3. The Labute approximate surface area is 278 Å². The van der Waals surface area contributed by atoms with Crippen molar-refractivity contribution < 1.29 is 66.8 Å². The number of aliphatic carboxylic acids is 3. The zero-order chi connectivity index (χ0) is 37.2. The lowest BCUT2D eigenvalue weighted by Crippen LogP contribution is -2.59. The van der Waals surface area contributed by atoms with Crippen molar-refractivity contribution in [1.29, 1.82) is 0 Å². The molecule has 7 N–H and O–H groups in total. The van der Waals surface area contributed by atoms with Gasteiger partial charge in [-0.1, -0.05) is 50.6 Å². The maximum atomic E-state index is 13.3. The molecule has 0 fully saturated rings. The molecule has 0 saturated carbocycles. The van der Waals surface area contributed by atoms with Crippen LogP contribution in [-0.4, -0.2) is 98.9 Å². The van der Waals surface area contributed by atoms with Crippen molar-refractivity contribution in [1.82, 2.24) is 21.3 Å². The van der Waals surface area contributed by atoms with Gasteiger partial charge in [-0.05, 0) is 17.9 Å². The minimum absolute atomic E-state index is 0.0942. The lowest BCUT2D eigenvalue weighted by molar-refractivity contribution is -0.192. The Morgan fingerprint density at radius 2 is 1.31 bits per heavy atom. The molecule has 0 aliphatic carbocycles. The first-order valence-electron chi connectivity index (χ1n) is 14.3. The second-order valence-corrected chi connectivity index (χ2v) is 10.6. The molecule has 0 aliphatic heterocycles. The van der Waals surface area contributed by atoms with E-state index >= 15 is 0 Å². The molecular weight excluding hydrogens is 673 g/mol. The fraction of sp³-hybridized carbons (Fsp3) is 0.517. The van der Waals surface area contributed by atoms with Crippen LogP contribution < -0.4 is 21.3 Å². The average molecular weight is 711 g/mol. The summed E-state index contributed by atoms with van der Waals surface area (Å²) in [4.78, 5) is 94.8. The summed E-state index contributed by atoms with van der Waals surface area (Å²) < 4.78 is 31.7. The van der Waals surface area contributed by atoms with Crippen LogP contribution in [0.25, 0.3) is 0 Å². The number of alkyl halides is 4. The normalized spacial score (nSPS) is 13.9. The lowest BCUT2D eigenvalue weighted by atomic mass is 9.96. The molecule has 1 rings (SSSR count). The topological polar surface area (TPSA) is 245 Å². The number of benzene rings is 1. The number of ketones is 1. The number of carboxylic acid groups (broad SMARTS) is 3. The second kappa shape index (κ2) is 21.2. The van der Waals surface area contributed by atoms with Crippen molar-refractivity contribution in [2.45, 2.75) is 83.2 Å². The van der Waals surface area contributed by atoms with Crippen LogP contribution in [0.3, 0.4) is 0 Å². The van der Waals surface area contributed by atoms with E-state index in [1.54, 1.807) is 44.2 Å². The molecule has 0 saturated heterocycles. The summed E-state index contributed by atoms with van der Waals surface area (Å²) in [7, 11) is 0. The van der Waals surface area contributed by atoms with Crippen LogP contribution in [0.1, 0.15) is 52.0 Å². The number of carbonyl (C=O) groups is 8. The summed E-state index contributed by atoms with van der Waals surface area (Å²) >= 11 is 5.55. The van der Waals surface area contributed by atoms with Crippen molar-refractivity contribution >= 4 is 58.9 Å². The SMILES string of the molecule is CCC(C)C(NC(=O)C(CCC(=O)O)NC(=O)C(Cc1ccccc1)NC(C)=O)C(=O)NC(CC(=O)O)C(=O)CCl.O=C(O)C(F)(F)F. The molecule has 19 heteroatoms. The predicted molar refractivity (Wildman–Crippen MR) is 162 cm³/mol. The lowest BCUT2D eigenvalue weighted by Gasteiger charge is -2.28. The van der Waals surface area contributed by atoms with Gasteiger partial charge in [-0.3, -0.25) is 33.6 Å². The number of carbonyl (C=O) groups excluding carboxylic acids is 5. The first kappa shape index (κ1) is 43.3. The van der Waals surface area contributed by atoms with Crippen LogP contribution in [0, 0.1) is 5.92 Å². The molecule has 1 aromatic carbocycles. The Morgan fingerprint density at radius 3 is 1.75 bits per heavy atom. The average Bonchev–Trinajstić information content (AvgIpc) is 2.99. The molecular formula is C29H38ClF3N4O11. The van der Waals surface area contributed by atoms with E-state index in [2.05, 4.69) is 21.3 Å². The zero-order valence-corrected chi connectivity index (χ0v) is 26.9. The van der Waals surface area contributed by atoms with Crippen molar-refractivity contribution in [3.63, 3.8) is 0 Å². The van der Waals surface area contributed by atoms with E-state index in [9.17, 15) is 51.8 Å². The minimum Gasteiger partial charge on any atom is -0.481 e. The molecule has 0 spiro atoms. The van der Waals surface area contributed by atoms with E-state index < -0.39 is 102 Å². The summed E-state index contributed by atoms with van der Waals surface area (Å²) in [6.45, 7) is 4.60. The van der Waals surface area contributed by atoms with Gasteiger partial charge < -0.3 is 36.6 Å². The van der Waals surface area contributed by atoms with Crippen LogP contribution in [-0.2, 0) is 44.8 Å². The van der Waals surface area contributed by atoms with E-state index in [-0.39, 0.29) is 12.8 Å². The fourth-order valence-corrected chi connectivity index (χ4v) is 4.03. The van der Waals surface area contributed by atoms with Gasteiger partial charge in [0.05, 0.1) is 18.3 Å². The summed E-state index contributed by atoms with van der Waals surface area (Å²) in [5.41, 5.74) is 0.726. The van der Waals surface area contributed by atoms with Gasteiger partial charge in [0, 0.05) is 19.8 Å². The summed E-state index contributed by atoms with van der Waals surface area (Å²) in [5, 5.41) is 35.2. The van der Waals surface area contributed by atoms with Gasteiger partial charge in [-0.25, -0.2) is 4.79 Å². The Bertz CT molecular complexity index is 1300. The molecule has 0 radical (unpaired) electrons. The fourth-order valence-electron chi connectivity index (χ4n) is 3.84.